The van der Waals surface area contributed by atoms with Crippen LogP contribution in [0.4, 0.5) is 5.95 Å². The Labute approximate surface area is 197 Å². The summed E-state index contributed by atoms with van der Waals surface area (Å²) >= 11 is 0. The van der Waals surface area contributed by atoms with Gasteiger partial charge in [0.1, 0.15) is 5.54 Å². The first kappa shape index (κ1) is 24.5. The minimum absolute atomic E-state index is 0.203. The van der Waals surface area contributed by atoms with Crippen molar-refractivity contribution in [3.8, 4) is 11.3 Å². The van der Waals surface area contributed by atoms with Crippen LogP contribution in [0.1, 0.15) is 45.0 Å². The Balaban J connectivity index is 1.86. The number of pyridine rings is 1. The van der Waals surface area contributed by atoms with Crippen LogP contribution in [-0.2, 0) is 14.9 Å². The fourth-order valence-electron chi connectivity index (χ4n) is 2.99. The van der Waals surface area contributed by atoms with Gasteiger partial charge in [0.15, 0.2) is 5.82 Å². The number of methoxy groups -OCH3 is 1. The second-order valence-electron chi connectivity index (χ2n) is 8.56. The fraction of sp³-hybridized carbons (Fsp3) is 0.304. The summed E-state index contributed by atoms with van der Waals surface area (Å²) < 4.78 is 10.3. The lowest BCUT2D eigenvalue weighted by atomic mass is 9.85. The van der Waals surface area contributed by atoms with E-state index in [1.165, 1.54) is 24.4 Å². The van der Waals surface area contributed by atoms with E-state index < -0.39 is 16.9 Å². The van der Waals surface area contributed by atoms with Crippen molar-refractivity contribution in [3.63, 3.8) is 0 Å². The SMILES string of the molecule is C=C/C(=C\N(N)C(C)(C)C(=O)OC)c1nc(C(C)(C)c2ccc(-c3cnc(N)nc3)nc2)no1. The lowest BCUT2D eigenvalue weighted by molar-refractivity contribution is -0.151. The molecule has 0 unspecified atom stereocenters. The molecule has 0 fully saturated rings. The molecular weight excluding hydrogens is 436 g/mol. The third-order valence-corrected chi connectivity index (χ3v) is 5.51. The number of hydrogen-bond acceptors (Lipinski definition) is 11. The highest BCUT2D eigenvalue weighted by Crippen LogP contribution is 2.31. The van der Waals surface area contributed by atoms with Crippen molar-refractivity contribution in [1.82, 2.24) is 30.1 Å². The van der Waals surface area contributed by atoms with Crippen molar-refractivity contribution in [3.05, 3.63) is 66.9 Å². The van der Waals surface area contributed by atoms with Crippen molar-refractivity contribution >= 4 is 17.5 Å². The van der Waals surface area contributed by atoms with E-state index in [1.807, 2.05) is 26.0 Å². The van der Waals surface area contributed by atoms with Crippen molar-refractivity contribution in [1.29, 1.82) is 0 Å². The van der Waals surface area contributed by atoms with Crippen molar-refractivity contribution < 1.29 is 14.1 Å². The van der Waals surface area contributed by atoms with Gasteiger partial charge in [-0.2, -0.15) is 4.98 Å². The summed E-state index contributed by atoms with van der Waals surface area (Å²) in [6.07, 6.45) is 7.99. The van der Waals surface area contributed by atoms with Crippen molar-refractivity contribution in [2.24, 2.45) is 5.84 Å². The highest BCUT2D eigenvalue weighted by Gasteiger charge is 2.34. The monoisotopic (exact) mass is 464 g/mol. The molecule has 3 aromatic rings. The molecular formula is C23H28N8O3. The number of anilines is 1. The zero-order valence-corrected chi connectivity index (χ0v) is 19.8. The predicted octanol–water partition coefficient (Wildman–Crippen LogP) is 2.48. The van der Waals surface area contributed by atoms with Crippen molar-refractivity contribution in [2.45, 2.75) is 38.6 Å². The number of ether oxygens (including phenoxy) is 1. The number of hydrazine groups is 1. The van der Waals surface area contributed by atoms with E-state index in [0.717, 1.165) is 11.1 Å². The average Bonchev–Trinajstić information content (AvgIpc) is 3.33. The third kappa shape index (κ3) is 4.79. The molecule has 0 spiro atoms. The second-order valence-corrected chi connectivity index (χ2v) is 8.56. The molecule has 0 saturated heterocycles. The van der Waals surface area contributed by atoms with E-state index in [0.29, 0.717) is 17.1 Å². The standard InChI is InChI=1S/C23H28N8O3/c1-7-14(13-31(25)23(4,5)20(32)33-6)18-29-19(30-34-18)22(2,3)16-8-9-17(26-12-16)15-10-27-21(24)28-11-15/h7-13H,1,25H2,2-6H3,(H2,24,27,28)/b14-13+. The quantitative estimate of drug-likeness (QED) is 0.218. The lowest BCUT2D eigenvalue weighted by Gasteiger charge is -2.31. The topological polar surface area (TPSA) is 159 Å². The number of carbonyl (C=O) groups excluding carboxylic acids is 1. The van der Waals surface area contributed by atoms with Gasteiger partial charge in [-0.25, -0.2) is 20.6 Å². The molecule has 11 heteroatoms. The van der Waals surface area contributed by atoms with Gasteiger partial charge in [-0.3, -0.25) is 4.98 Å². The number of nitrogens with zero attached hydrogens (tertiary/aromatic N) is 6. The molecule has 0 aliphatic rings. The molecule has 0 aromatic carbocycles. The number of carbonyl (C=O) groups is 1. The van der Waals surface area contributed by atoms with Crippen LogP contribution in [0.3, 0.4) is 0 Å². The molecule has 3 rings (SSSR count). The van der Waals surface area contributed by atoms with Crippen molar-refractivity contribution in [2.75, 3.05) is 12.8 Å². The smallest absolute Gasteiger partial charge is 0.332 e. The van der Waals surface area contributed by atoms with E-state index in [-0.39, 0.29) is 11.8 Å². The van der Waals surface area contributed by atoms with Crippen LogP contribution in [0.2, 0.25) is 0 Å². The molecule has 0 radical (unpaired) electrons. The number of esters is 1. The van der Waals surface area contributed by atoms with Crippen LogP contribution < -0.4 is 11.6 Å². The van der Waals surface area contributed by atoms with Crippen LogP contribution in [0.15, 0.2) is 54.1 Å². The molecule has 3 heterocycles. The number of nitrogen functional groups attached to an aromatic ring is 1. The Morgan fingerprint density at radius 2 is 1.82 bits per heavy atom. The first-order chi connectivity index (χ1) is 16.0. The summed E-state index contributed by atoms with van der Waals surface area (Å²) in [4.78, 5) is 29.1. The number of hydrogen-bond donors (Lipinski definition) is 2. The van der Waals surface area contributed by atoms with E-state index >= 15 is 0 Å². The lowest BCUT2D eigenvalue weighted by Crippen LogP contribution is -2.51. The Bertz CT molecular complexity index is 1200. The molecule has 0 aliphatic carbocycles. The summed E-state index contributed by atoms with van der Waals surface area (Å²) in [6.45, 7) is 11.0. The van der Waals surface area contributed by atoms with E-state index in [4.69, 9.17) is 20.8 Å². The molecule has 11 nitrogen and oxygen atoms in total. The maximum atomic E-state index is 12.0. The molecule has 0 bridgehead atoms. The average molecular weight is 465 g/mol. The Morgan fingerprint density at radius 1 is 1.15 bits per heavy atom. The van der Waals surface area contributed by atoms with Gasteiger partial charge in [-0.05, 0) is 39.3 Å². The van der Waals surface area contributed by atoms with Crippen LogP contribution in [0, 0.1) is 0 Å². The normalized spacial score (nSPS) is 12.4. The number of nitrogens with two attached hydrogens (primary N) is 2. The molecule has 0 saturated carbocycles. The zero-order chi connectivity index (χ0) is 25.1. The van der Waals surface area contributed by atoms with Crippen LogP contribution in [0.5, 0.6) is 0 Å². The fourth-order valence-corrected chi connectivity index (χ4v) is 2.99. The summed E-state index contributed by atoms with van der Waals surface area (Å²) in [5.41, 5.74) is 6.59. The molecule has 34 heavy (non-hydrogen) atoms. The Kier molecular flexibility index (Phi) is 6.78. The van der Waals surface area contributed by atoms with Gasteiger partial charge in [0.2, 0.25) is 5.95 Å². The van der Waals surface area contributed by atoms with Gasteiger partial charge >= 0.3 is 5.97 Å². The summed E-state index contributed by atoms with van der Waals surface area (Å²) in [5, 5.41) is 5.37. The van der Waals surface area contributed by atoms with Gasteiger partial charge in [0, 0.05) is 30.4 Å². The number of allylic oxidation sites excluding steroid dienone is 2. The second kappa shape index (κ2) is 9.40. The maximum Gasteiger partial charge on any atom is 0.332 e. The van der Waals surface area contributed by atoms with Crippen LogP contribution >= 0.6 is 0 Å². The zero-order valence-electron chi connectivity index (χ0n) is 19.8. The first-order valence-corrected chi connectivity index (χ1v) is 10.4. The van der Waals surface area contributed by atoms with Gasteiger partial charge < -0.3 is 20.0 Å². The molecule has 4 N–H and O–H groups in total. The highest BCUT2D eigenvalue weighted by atomic mass is 16.5. The van der Waals surface area contributed by atoms with Gasteiger partial charge in [0.25, 0.3) is 5.89 Å². The minimum Gasteiger partial charge on any atom is -0.467 e. The Morgan fingerprint density at radius 3 is 2.38 bits per heavy atom. The summed E-state index contributed by atoms with van der Waals surface area (Å²) in [6, 6.07) is 3.79. The highest BCUT2D eigenvalue weighted by molar-refractivity contribution is 5.80. The Hall–Kier alpha value is -4.12. The van der Waals surface area contributed by atoms with E-state index in [9.17, 15) is 4.79 Å². The summed E-state index contributed by atoms with van der Waals surface area (Å²) in [7, 11) is 1.30. The van der Waals surface area contributed by atoms with Crippen LogP contribution in [-0.4, -0.2) is 48.7 Å². The van der Waals surface area contributed by atoms with Gasteiger partial charge in [-0.15, -0.1) is 0 Å². The number of aromatic nitrogens is 5. The molecule has 0 aliphatic heterocycles. The van der Waals surface area contributed by atoms with E-state index in [1.54, 1.807) is 32.4 Å². The third-order valence-electron chi connectivity index (χ3n) is 5.51. The van der Waals surface area contributed by atoms with Gasteiger partial charge in [0.05, 0.1) is 23.8 Å². The molecule has 3 aromatic heterocycles. The number of rotatable bonds is 8. The molecule has 0 atom stereocenters. The van der Waals surface area contributed by atoms with Crippen LogP contribution in [0.25, 0.3) is 16.8 Å². The minimum atomic E-state index is -1.12. The summed E-state index contributed by atoms with van der Waals surface area (Å²) in [5.74, 6) is 6.44. The maximum absolute atomic E-state index is 12.0. The van der Waals surface area contributed by atoms with Gasteiger partial charge in [-0.1, -0.05) is 23.9 Å². The van der Waals surface area contributed by atoms with E-state index in [2.05, 4.69) is 31.7 Å². The molecule has 178 valence electrons. The first-order valence-electron chi connectivity index (χ1n) is 10.4. The predicted molar refractivity (Wildman–Crippen MR) is 126 cm³/mol. The largest absolute Gasteiger partial charge is 0.467 e. The molecule has 0 amide bonds.